The predicted octanol–water partition coefficient (Wildman–Crippen LogP) is 4.23. The fraction of sp³-hybridized carbons (Fsp3) is 0.217. The predicted molar refractivity (Wildman–Crippen MR) is 109 cm³/mol. The maximum Gasteiger partial charge on any atom is 0.203 e. The molecule has 1 N–H and O–H groups in total. The lowest BCUT2D eigenvalue weighted by Crippen LogP contribution is -2.26. The molecule has 2 heterocycles. The van der Waals surface area contributed by atoms with E-state index in [2.05, 4.69) is 52.9 Å². The third-order valence-corrected chi connectivity index (χ3v) is 4.99. The second-order valence-corrected chi connectivity index (χ2v) is 7.06. The molecule has 4 nitrogen and oxygen atoms in total. The van der Waals surface area contributed by atoms with E-state index in [1.165, 1.54) is 11.1 Å². The first-order chi connectivity index (χ1) is 13.1. The standard InChI is InChI=1S/C23H24N4/c1-17-10-12-19(13-11-17)14-15-26-21-8-3-4-9-22(21)27(23(26)24)16-20-7-5-6-18(2)25-20/h3-13,24H,14-16H2,1-2H3. The van der Waals surface area contributed by atoms with Crippen LogP contribution in [0.1, 0.15) is 22.5 Å². The molecule has 0 saturated carbocycles. The Morgan fingerprint density at radius 2 is 1.52 bits per heavy atom. The minimum absolute atomic E-state index is 0.520. The lowest BCUT2D eigenvalue weighted by Gasteiger charge is -2.06. The first kappa shape index (κ1) is 17.3. The van der Waals surface area contributed by atoms with Gasteiger partial charge in [0.25, 0.3) is 0 Å². The Labute approximate surface area is 159 Å². The number of nitrogens with one attached hydrogen (secondary N) is 1. The molecule has 0 aliphatic carbocycles. The fourth-order valence-electron chi connectivity index (χ4n) is 3.53. The van der Waals surface area contributed by atoms with E-state index in [9.17, 15) is 0 Å². The summed E-state index contributed by atoms with van der Waals surface area (Å²) in [6, 6.07) is 23.0. The average Bonchev–Trinajstić information content (AvgIpc) is 2.93. The monoisotopic (exact) mass is 356 g/mol. The van der Waals surface area contributed by atoms with Gasteiger partial charge in [0.1, 0.15) is 0 Å². The van der Waals surface area contributed by atoms with Crippen molar-refractivity contribution in [2.45, 2.75) is 33.4 Å². The molecule has 0 saturated heterocycles. The second kappa shape index (κ2) is 7.23. The van der Waals surface area contributed by atoms with Crippen molar-refractivity contribution in [1.82, 2.24) is 14.1 Å². The van der Waals surface area contributed by atoms with E-state index >= 15 is 0 Å². The van der Waals surface area contributed by atoms with E-state index in [4.69, 9.17) is 5.41 Å². The fourth-order valence-corrected chi connectivity index (χ4v) is 3.53. The molecule has 4 heteroatoms. The molecule has 0 radical (unpaired) electrons. The third-order valence-electron chi connectivity index (χ3n) is 4.99. The SMILES string of the molecule is Cc1ccc(CCn2c(=N)n(Cc3cccc(C)n3)c3ccccc32)cc1. The van der Waals surface area contributed by atoms with Gasteiger partial charge in [0.15, 0.2) is 0 Å². The molecule has 136 valence electrons. The van der Waals surface area contributed by atoms with Gasteiger partial charge in [0, 0.05) is 12.2 Å². The Balaban J connectivity index is 1.70. The number of para-hydroxylation sites is 2. The Morgan fingerprint density at radius 1 is 0.815 bits per heavy atom. The Morgan fingerprint density at radius 3 is 2.22 bits per heavy atom. The average molecular weight is 356 g/mol. The molecule has 0 spiro atoms. The van der Waals surface area contributed by atoms with Gasteiger partial charge >= 0.3 is 0 Å². The first-order valence-corrected chi connectivity index (χ1v) is 9.32. The summed E-state index contributed by atoms with van der Waals surface area (Å²) < 4.78 is 4.15. The smallest absolute Gasteiger partial charge is 0.203 e. The van der Waals surface area contributed by atoms with Crippen molar-refractivity contribution < 1.29 is 0 Å². The van der Waals surface area contributed by atoms with Crippen LogP contribution in [0.15, 0.2) is 66.7 Å². The molecule has 0 aliphatic heterocycles. The lowest BCUT2D eigenvalue weighted by molar-refractivity contribution is 0.617. The topological polar surface area (TPSA) is 46.6 Å². The van der Waals surface area contributed by atoms with Crippen LogP contribution in [0.3, 0.4) is 0 Å². The third kappa shape index (κ3) is 3.56. The van der Waals surface area contributed by atoms with Gasteiger partial charge in [-0.2, -0.15) is 0 Å². The summed E-state index contributed by atoms with van der Waals surface area (Å²) in [6.45, 7) is 5.50. The van der Waals surface area contributed by atoms with Crippen LogP contribution >= 0.6 is 0 Å². The summed E-state index contributed by atoms with van der Waals surface area (Å²) in [4.78, 5) is 4.61. The van der Waals surface area contributed by atoms with Gasteiger partial charge in [0.05, 0.1) is 23.3 Å². The lowest BCUT2D eigenvalue weighted by atomic mass is 10.1. The van der Waals surface area contributed by atoms with Crippen LogP contribution in [0.5, 0.6) is 0 Å². The van der Waals surface area contributed by atoms with Crippen LogP contribution in [0.4, 0.5) is 0 Å². The number of rotatable bonds is 5. The van der Waals surface area contributed by atoms with Crippen LogP contribution in [0, 0.1) is 19.3 Å². The van der Waals surface area contributed by atoms with Crippen molar-refractivity contribution in [2.75, 3.05) is 0 Å². The molecule has 0 bridgehead atoms. The van der Waals surface area contributed by atoms with Crippen LogP contribution in [-0.4, -0.2) is 14.1 Å². The van der Waals surface area contributed by atoms with E-state index in [0.29, 0.717) is 12.2 Å². The number of pyridine rings is 1. The molecule has 4 rings (SSSR count). The molecule has 4 aromatic rings. The maximum atomic E-state index is 8.78. The van der Waals surface area contributed by atoms with Crippen molar-refractivity contribution in [3.05, 3.63) is 94.9 Å². The van der Waals surface area contributed by atoms with Crippen LogP contribution in [-0.2, 0) is 19.5 Å². The largest absolute Gasteiger partial charge is 0.310 e. The highest BCUT2D eigenvalue weighted by Crippen LogP contribution is 2.15. The molecular formula is C23H24N4. The molecule has 2 aromatic carbocycles. The normalized spacial score (nSPS) is 11.2. The van der Waals surface area contributed by atoms with Gasteiger partial charge in [-0.25, -0.2) is 0 Å². The first-order valence-electron chi connectivity index (χ1n) is 9.32. The van der Waals surface area contributed by atoms with Crippen LogP contribution in [0.25, 0.3) is 11.0 Å². The molecule has 0 amide bonds. The number of aromatic nitrogens is 3. The van der Waals surface area contributed by atoms with Crippen molar-refractivity contribution >= 4 is 11.0 Å². The van der Waals surface area contributed by atoms with Crippen LogP contribution < -0.4 is 5.62 Å². The van der Waals surface area contributed by atoms with Gasteiger partial charge in [0.2, 0.25) is 5.62 Å². The quantitative estimate of drug-likeness (QED) is 0.572. The number of aryl methyl sites for hydroxylation is 4. The van der Waals surface area contributed by atoms with Crippen LogP contribution in [0.2, 0.25) is 0 Å². The van der Waals surface area contributed by atoms with E-state index in [1.54, 1.807) is 0 Å². The van der Waals surface area contributed by atoms with Gasteiger partial charge in [-0.05, 0) is 50.1 Å². The summed E-state index contributed by atoms with van der Waals surface area (Å²) in [7, 11) is 0. The number of benzene rings is 2. The molecule has 2 aromatic heterocycles. The summed E-state index contributed by atoms with van der Waals surface area (Å²) in [6.07, 6.45) is 0.910. The van der Waals surface area contributed by atoms with Crippen molar-refractivity contribution in [1.29, 1.82) is 5.41 Å². The number of imidazole rings is 1. The van der Waals surface area contributed by atoms with Gasteiger partial charge in [-0.1, -0.05) is 48.0 Å². The van der Waals surface area contributed by atoms with Gasteiger partial charge < -0.3 is 9.13 Å². The van der Waals surface area contributed by atoms with E-state index < -0.39 is 0 Å². The van der Waals surface area contributed by atoms with Gasteiger partial charge in [-0.15, -0.1) is 0 Å². The molecule has 0 aliphatic rings. The Hall–Kier alpha value is -3.14. The number of fused-ring (bicyclic) bond motifs is 1. The van der Waals surface area contributed by atoms with E-state index in [-0.39, 0.29) is 0 Å². The molecule has 27 heavy (non-hydrogen) atoms. The summed E-state index contributed by atoms with van der Waals surface area (Å²) in [5.41, 5.74) is 7.25. The van der Waals surface area contributed by atoms with Crippen molar-refractivity contribution in [3.8, 4) is 0 Å². The van der Waals surface area contributed by atoms with Gasteiger partial charge in [-0.3, -0.25) is 10.4 Å². The zero-order valence-corrected chi connectivity index (χ0v) is 15.8. The summed E-state index contributed by atoms with van der Waals surface area (Å²) in [5.74, 6) is 0. The van der Waals surface area contributed by atoms with Crippen molar-refractivity contribution in [2.24, 2.45) is 0 Å². The number of hydrogen-bond acceptors (Lipinski definition) is 2. The number of nitrogens with zero attached hydrogens (tertiary/aromatic N) is 3. The minimum Gasteiger partial charge on any atom is -0.310 e. The highest BCUT2D eigenvalue weighted by atomic mass is 15.2. The van der Waals surface area contributed by atoms with Crippen molar-refractivity contribution in [3.63, 3.8) is 0 Å². The zero-order chi connectivity index (χ0) is 18.8. The van der Waals surface area contributed by atoms with E-state index in [1.807, 2.05) is 41.8 Å². The zero-order valence-electron chi connectivity index (χ0n) is 15.8. The molecule has 0 atom stereocenters. The summed E-state index contributed by atoms with van der Waals surface area (Å²) >= 11 is 0. The summed E-state index contributed by atoms with van der Waals surface area (Å²) in [5, 5.41) is 8.78. The molecular weight excluding hydrogens is 332 g/mol. The molecule has 0 unspecified atom stereocenters. The minimum atomic E-state index is 0.520. The molecule has 0 fully saturated rings. The maximum absolute atomic E-state index is 8.78. The Bertz CT molecular complexity index is 1130. The highest BCUT2D eigenvalue weighted by molar-refractivity contribution is 5.76. The highest BCUT2D eigenvalue weighted by Gasteiger charge is 2.11. The van der Waals surface area contributed by atoms with E-state index in [0.717, 1.165) is 35.4 Å². The Kier molecular flexibility index (Phi) is 4.63. The number of hydrogen-bond donors (Lipinski definition) is 1. The second-order valence-electron chi connectivity index (χ2n) is 7.06.